The summed E-state index contributed by atoms with van der Waals surface area (Å²) < 4.78 is 73.4. The minimum Gasteiger partial charge on any atom is -0.166 e. The van der Waals surface area contributed by atoms with Crippen LogP contribution in [0.4, 0.5) is 26.3 Å². The van der Waals surface area contributed by atoms with Crippen molar-refractivity contribution in [1.82, 2.24) is 0 Å². The lowest BCUT2D eigenvalue weighted by Gasteiger charge is -2.24. The molecule has 0 nitrogen and oxygen atoms in total. The normalized spacial score (nSPS) is 23.5. The molecule has 1 atom stereocenters. The number of hydrogen-bond donors (Lipinski definition) is 0. The summed E-state index contributed by atoms with van der Waals surface area (Å²) in [5, 5.41) is 0. The van der Waals surface area contributed by atoms with Crippen molar-refractivity contribution in [1.29, 1.82) is 0 Å². The van der Waals surface area contributed by atoms with Gasteiger partial charge in [0.05, 0.1) is 0 Å². The van der Waals surface area contributed by atoms with E-state index in [2.05, 4.69) is 0 Å². The Hall–Kier alpha value is -0.875. The molecule has 1 unspecified atom stereocenters. The molecule has 0 spiro atoms. The van der Waals surface area contributed by atoms with Crippen LogP contribution in [-0.2, 0) is 0 Å². The third-order valence-corrected chi connectivity index (χ3v) is 1.66. The summed E-state index contributed by atoms with van der Waals surface area (Å²) in [6, 6.07) is 0. The Morgan fingerprint density at radius 1 is 1.07 bits per heavy atom. The summed E-state index contributed by atoms with van der Waals surface area (Å²) in [7, 11) is -0.560. The van der Waals surface area contributed by atoms with Crippen LogP contribution in [0, 0.1) is 0 Å². The Bertz CT molecular complexity index is 308. The summed E-state index contributed by atoms with van der Waals surface area (Å²) in [6.45, 7) is 0. The SMILES string of the molecule is [BH3-]C1C=C(C(F)(F)F)C=C(C(F)(F)F)C1. The van der Waals surface area contributed by atoms with Gasteiger partial charge in [0.25, 0.3) is 0 Å². The first-order valence-electron chi connectivity index (χ1n) is 3.60. The van der Waals surface area contributed by atoms with Crippen molar-refractivity contribution in [3.63, 3.8) is 0 Å². The van der Waals surface area contributed by atoms with Gasteiger partial charge in [-0.3, -0.25) is 0 Å². The Morgan fingerprint density at radius 3 is 2.00 bits per heavy atom. The van der Waals surface area contributed by atoms with Gasteiger partial charge in [-0.2, -0.15) is 32.2 Å². The molecule has 86 valence electrons. The Balaban J connectivity index is 3.06. The summed E-state index contributed by atoms with van der Waals surface area (Å²) in [5.74, 6) is -0.497. The van der Waals surface area contributed by atoms with Crippen LogP contribution >= 0.6 is 0 Å². The zero-order valence-electron chi connectivity index (χ0n) is 6.71. The largest absolute Gasteiger partial charge is 0.415 e. The smallest absolute Gasteiger partial charge is 0.166 e. The number of rotatable bonds is 0. The molecule has 0 aromatic rings. The molecule has 0 saturated carbocycles. The van der Waals surface area contributed by atoms with Gasteiger partial charge in [0.15, 0.2) is 0 Å². The van der Waals surface area contributed by atoms with E-state index in [1.807, 2.05) is 0 Å². The second-order valence-corrected chi connectivity index (χ2v) is 2.73. The van der Waals surface area contributed by atoms with Crippen molar-refractivity contribution in [3.05, 3.63) is 23.3 Å². The van der Waals surface area contributed by atoms with Crippen LogP contribution in [0.3, 0.4) is 0 Å². The summed E-state index contributed by atoms with van der Waals surface area (Å²) in [4.78, 5) is 0. The maximum Gasteiger partial charge on any atom is 0.415 e. The maximum absolute atomic E-state index is 12.2. The molecule has 0 fully saturated rings. The van der Waals surface area contributed by atoms with E-state index in [1.54, 1.807) is 0 Å². The Kier molecular flexibility index (Phi) is 2.93. The fraction of sp³-hybridized carbons (Fsp3) is 0.500. The summed E-state index contributed by atoms with van der Waals surface area (Å²) in [5.41, 5.74) is -2.21. The fourth-order valence-corrected chi connectivity index (χ4v) is 0.981. The highest BCUT2D eigenvalue weighted by Crippen LogP contribution is 2.40. The minimum absolute atomic E-state index is 0.221. The maximum atomic E-state index is 12.2. The highest BCUT2D eigenvalue weighted by Gasteiger charge is 2.39. The van der Waals surface area contributed by atoms with Crippen molar-refractivity contribution in [3.8, 4) is 0 Å². The van der Waals surface area contributed by atoms with Gasteiger partial charge >= 0.3 is 12.4 Å². The third kappa shape index (κ3) is 3.04. The molecule has 0 aliphatic heterocycles. The van der Waals surface area contributed by atoms with Gasteiger partial charge in [0.1, 0.15) is 0 Å². The average molecular weight is 229 g/mol. The first-order chi connectivity index (χ1) is 6.60. The minimum atomic E-state index is -4.68. The van der Waals surface area contributed by atoms with E-state index in [9.17, 15) is 26.3 Å². The molecule has 15 heavy (non-hydrogen) atoms. The summed E-state index contributed by atoms with van der Waals surface area (Å²) in [6.07, 6.45) is -8.46. The van der Waals surface area contributed by atoms with Crippen LogP contribution in [-0.4, -0.2) is 20.2 Å². The lowest BCUT2D eigenvalue weighted by Crippen LogP contribution is -2.20. The second kappa shape index (κ2) is 3.61. The van der Waals surface area contributed by atoms with Gasteiger partial charge in [-0.25, -0.2) is 0 Å². The second-order valence-electron chi connectivity index (χ2n) is 2.73. The molecule has 1 aliphatic carbocycles. The molecular weight excluding hydrogens is 221 g/mol. The lowest BCUT2D eigenvalue weighted by molar-refractivity contribution is -0.0986. The highest BCUT2D eigenvalue weighted by atomic mass is 19.4. The molecule has 0 heterocycles. The van der Waals surface area contributed by atoms with E-state index in [-0.39, 0.29) is 12.5 Å². The van der Waals surface area contributed by atoms with Gasteiger partial charge in [-0.05, 0) is 20.3 Å². The van der Waals surface area contributed by atoms with Crippen LogP contribution in [0.25, 0.3) is 0 Å². The van der Waals surface area contributed by atoms with Gasteiger partial charge in [0, 0.05) is 11.1 Å². The van der Waals surface area contributed by atoms with Crippen LogP contribution in [0.5, 0.6) is 0 Å². The molecular formula is C8H8BF6-. The molecule has 0 N–H and O–H groups in total. The van der Waals surface area contributed by atoms with E-state index in [0.717, 1.165) is 6.08 Å². The van der Waals surface area contributed by atoms with Crippen LogP contribution in [0.2, 0.25) is 5.82 Å². The van der Waals surface area contributed by atoms with Gasteiger partial charge in [-0.1, -0.05) is 0 Å². The number of alkyl halides is 6. The zero-order chi connectivity index (χ0) is 11.9. The predicted octanol–water partition coefficient (Wildman–Crippen LogP) is 2.52. The van der Waals surface area contributed by atoms with E-state index < -0.39 is 37.2 Å². The number of hydrogen-bond acceptors (Lipinski definition) is 0. The Labute approximate surface area is 83.1 Å². The monoisotopic (exact) mass is 229 g/mol. The van der Waals surface area contributed by atoms with Crippen molar-refractivity contribution in [2.24, 2.45) is 0 Å². The zero-order valence-corrected chi connectivity index (χ0v) is 6.71. The summed E-state index contributed by atoms with van der Waals surface area (Å²) >= 11 is 0. The van der Waals surface area contributed by atoms with Crippen molar-refractivity contribution >= 4 is 7.85 Å². The fourth-order valence-electron chi connectivity index (χ4n) is 0.981. The quantitative estimate of drug-likeness (QED) is 0.442. The van der Waals surface area contributed by atoms with Crippen molar-refractivity contribution in [2.45, 2.75) is 24.6 Å². The molecule has 1 aliphatic rings. The molecule has 0 aromatic heterocycles. The van der Waals surface area contributed by atoms with Gasteiger partial charge < -0.3 is 0 Å². The first-order valence-corrected chi connectivity index (χ1v) is 3.60. The van der Waals surface area contributed by atoms with Crippen LogP contribution in [0.1, 0.15) is 6.42 Å². The third-order valence-electron chi connectivity index (χ3n) is 1.66. The molecule has 1 rings (SSSR count). The van der Waals surface area contributed by atoms with E-state index >= 15 is 0 Å². The Morgan fingerprint density at radius 2 is 1.60 bits per heavy atom. The molecule has 0 amide bonds. The molecule has 0 aromatic carbocycles. The first kappa shape index (κ1) is 12.2. The average Bonchev–Trinajstić information content (AvgIpc) is 1.99. The molecule has 0 bridgehead atoms. The van der Waals surface area contributed by atoms with Gasteiger partial charge in [0.2, 0.25) is 0 Å². The predicted molar refractivity (Wildman–Crippen MR) is 46.6 cm³/mol. The number of halogens is 6. The van der Waals surface area contributed by atoms with Crippen molar-refractivity contribution in [2.75, 3.05) is 0 Å². The number of allylic oxidation sites excluding steroid dienone is 4. The molecule has 7 heteroatoms. The lowest BCUT2D eigenvalue weighted by atomic mass is 9.77. The van der Waals surface area contributed by atoms with E-state index in [4.69, 9.17) is 0 Å². The van der Waals surface area contributed by atoms with Crippen LogP contribution in [0.15, 0.2) is 23.3 Å². The highest BCUT2D eigenvalue weighted by molar-refractivity contribution is 6.13. The van der Waals surface area contributed by atoms with Crippen molar-refractivity contribution < 1.29 is 26.3 Å². The standard InChI is InChI=1S/C8H8BF6/c9-6-2-4(7(10,11)12)1-5(3-6)8(13,14)15/h1-2,6H,3H2,9H3/q-1. The van der Waals surface area contributed by atoms with E-state index in [1.165, 1.54) is 0 Å². The van der Waals surface area contributed by atoms with E-state index in [0.29, 0.717) is 0 Å². The van der Waals surface area contributed by atoms with Gasteiger partial charge in [-0.15, -0.1) is 6.08 Å². The molecule has 0 saturated heterocycles. The van der Waals surface area contributed by atoms with Crippen LogP contribution < -0.4 is 0 Å². The molecule has 0 radical (unpaired) electrons. The topological polar surface area (TPSA) is 0 Å².